The number of rotatable bonds is 10. The highest BCUT2D eigenvalue weighted by Crippen LogP contribution is 2.50. The summed E-state index contributed by atoms with van der Waals surface area (Å²) in [5.74, 6) is -1.12. The third kappa shape index (κ3) is 6.97. The normalized spacial score (nSPS) is 18.4. The van der Waals surface area contributed by atoms with Gasteiger partial charge in [-0.15, -0.1) is 0 Å². The summed E-state index contributed by atoms with van der Waals surface area (Å²) < 4.78 is 11.8. The highest BCUT2D eigenvalue weighted by Gasteiger charge is 2.40. The Balaban J connectivity index is 1.17. The lowest BCUT2D eigenvalue weighted by atomic mass is 9.76. The molecule has 0 aromatic heterocycles. The number of nitrogens with one attached hydrogen (secondary N) is 1. The van der Waals surface area contributed by atoms with Crippen LogP contribution in [0.15, 0.2) is 115 Å². The molecule has 8 rings (SSSR count). The Morgan fingerprint density at radius 3 is 2.09 bits per heavy atom. The molecule has 5 aromatic carbocycles. The molecule has 3 heterocycles. The molecule has 56 heavy (non-hydrogen) atoms. The van der Waals surface area contributed by atoms with Crippen molar-refractivity contribution in [3.8, 4) is 11.5 Å². The van der Waals surface area contributed by atoms with E-state index in [2.05, 4.69) is 34.5 Å². The summed E-state index contributed by atoms with van der Waals surface area (Å²) in [7, 11) is 0. The zero-order valence-electron chi connectivity index (χ0n) is 30.4. The van der Waals surface area contributed by atoms with Crippen molar-refractivity contribution in [3.05, 3.63) is 163 Å². The van der Waals surface area contributed by atoms with Crippen molar-refractivity contribution >= 4 is 52.6 Å². The van der Waals surface area contributed by atoms with E-state index in [9.17, 15) is 24.5 Å². The van der Waals surface area contributed by atoms with Crippen molar-refractivity contribution in [1.29, 1.82) is 0 Å². The maximum Gasteiger partial charge on any atom is 0.335 e. The molecule has 5 aromatic rings. The lowest BCUT2D eigenvalue weighted by Gasteiger charge is -2.44. The molecule has 1 N–H and O–H groups in total. The highest BCUT2D eigenvalue weighted by atomic mass is 35.5. The molecule has 12 heteroatoms. The molecule has 3 aliphatic rings. The number of amides is 4. The average Bonchev–Trinajstić information content (AvgIpc) is 3.20. The van der Waals surface area contributed by atoms with Gasteiger partial charge in [0.05, 0.1) is 22.2 Å². The smallest absolute Gasteiger partial charge is 0.335 e. The topological polar surface area (TPSA) is 131 Å². The number of imide groups is 2. The zero-order chi connectivity index (χ0) is 38.9. The molecule has 0 aliphatic carbocycles. The van der Waals surface area contributed by atoms with Crippen molar-refractivity contribution in [2.75, 3.05) is 29.5 Å². The molecular weight excluding hydrogens is 732 g/mol. The van der Waals surface area contributed by atoms with E-state index in [1.165, 1.54) is 24.3 Å². The third-order valence-electron chi connectivity index (χ3n) is 10.5. The Morgan fingerprint density at radius 1 is 0.839 bits per heavy atom. The van der Waals surface area contributed by atoms with Crippen LogP contribution in [0.5, 0.6) is 11.5 Å². The van der Waals surface area contributed by atoms with Crippen LogP contribution in [0.2, 0.25) is 5.02 Å². The van der Waals surface area contributed by atoms with Crippen molar-refractivity contribution in [3.63, 3.8) is 0 Å². The number of ether oxygens (including phenoxy) is 2. The maximum absolute atomic E-state index is 14.4. The number of hydrogen-bond donors (Lipinski definition) is 1. The minimum absolute atomic E-state index is 0.0311. The predicted octanol–water partition coefficient (Wildman–Crippen LogP) is 8.77. The Hall–Kier alpha value is -6.46. The summed E-state index contributed by atoms with van der Waals surface area (Å²) in [6.45, 7) is 3.76. The second kappa shape index (κ2) is 15.3. The monoisotopic (exact) mass is 768 g/mol. The fourth-order valence-electron chi connectivity index (χ4n) is 8.02. The molecule has 3 aliphatic heterocycles. The summed E-state index contributed by atoms with van der Waals surface area (Å²) in [4.78, 5) is 55.7. The number of carbonyl (C=O) groups excluding carboxylic acids is 3. The molecule has 0 radical (unpaired) electrons. The van der Waals surface area contributed by atoms with Crippen LogP contribution < -0.4 is 24.6 Å². The highest BCUT2D eigenvalue weighted by molar-refractivity contribution is 6.39. The van der Waals surface area contributed by atoms with E-state index in [1.807, 2.05) is 48.5 Å². The van der Waals surface area contributed by atoms with Gasteiger partial charge in [-0.2, -0.15) is 0 Å². The number of non-ortho nitro benzene ring substituents is 1. The van der Waals surface area contributed by atoms with E-state index in [0.29, 0.717) is 16.8 Å². The van der Waals surface area contributed by atoms with Gasteiger partial charge in [0.25, 0.3) is 17.5 Å². The molecule has 0 saturated carbocycles. The lowest BCUT2D eigenvalue weighted by molar-refractivity contribution is -0.384. The minimum atomic E-state index is -0.842. The molecule has 0 spiro atoms. The number of carbonyl (C=O) groups is 3. The van der Waals surface area contributed by atoms with Gasteiger partial charge in [-0.05, 0) is 83.5 Å². The maximum atomic E-state index is 14.4. The predicted molar refractivity (Wildman–Crippen MR) is 214 cm³/mol. The van der Waals surface area contributed by atoms with Gasteiger partial charge in [-0.3, -0.25) is 25.0 Å². The Morgan fingerprint density at radius 2 is 1.48 bits per heavy atom. The molecule has 1 saturated heterocycles. The van der Waals surface area contributed by atoms with Crippen molar-refractivity contribution in [2.24, 2.45) is 0 Å². The third-order valence-corrected chi connectivity index (χ3v) is 10.8. The van der Waals surface area contributed by atoms with Gasteiger partial charge in [0.1, 0.15) is 12.2 Å². The van der Waals surface area contributed by atoms with E-state index in [4.69, 9.17) is 21.1 Å². The molecule has 0 bridgehead atoms. The quantitative estimate of drug-likeness (QED) is 0.0646. The van der Waals surface area contributed by atoms with E-state index >= 15 is 0 Å². The number of barbiturate groups is 1. The number of urea groups is 1. The fraction of sp³-hybridized carbons (Fsp3) is 0.205. The second-order valence-corrected chi connectivity index (χ2v) is 14.3. The number of nitrogens with zero attached hydrogens (tertiary/aromatic N) is 3. The van der Waals surface area contributed by atoms with Crippen LogP contribution in [0, 0.1) is 10.1 Å². The van der Waals surface area contributed by atoms with Gasteiger partial charge < -0.3 is 14.4 Å². The SMILES string of the molecule is CCOc1cc(/C=C2\C(=O)NC(=O)N(c3cc4c5c(c3)[C@H](c3ccccc3)CCN5CC[C@H]4c3ccccc3)C2=O)cc(Cl)c1OCc1cccc([N+](=O)[O-])c1. The second-order valence-electron chi connectivity index (χ2n) is 13.9. The molecular formula is C44H37ClN4O7. The fourth-order valence-corrected chi connectivity index (χ4v) is 8.29. The van der Waals surface area contributed by atoms with Crippen LogP contribution in [0.3, 0.4) is 0 Å². The van der Waals surface area contributed by atoms with Crippen molar-refractivity contribution in [1.82, 2.24) is 5.32 Å². The van der Waals surface area contributed by atoms with Gasteiger partial charge in [0.15, 0.2) is 11.5 Å². The number of hydrogen-bond acceptors (Lipinski definition) is 8. The first-order valence-electron chi connectivity index (χ1n) is 18.5. The number of halogens is 1. The van der Waals surface area contributed by atoms with Gasteiger partial charge in [0.2, 0.25) is 0 Å². The molecule has 2 atom stereocenters. The Kier molecular flexibility index (Phi) is 10.0. The number of nitro benzene ring substituents is 1. The molecule has 282 valence electrons. The van der Waals surface area contributed by atoms with E-state index in [-0.39, 0.29) is 52.8 Å². The first kappa shape index (κ1) is 36.5. The van der Waals surface area contributed by atoms with Gasteiger partial charge >= 0.3 is 6.03 Å². The standard InChI is InChI=1S/C44H37ClN4O7/c1-2-55-39-23-28(22-38(45)41(39)56-26-27-10-9-15-31(20-27)49(53)54)21-37-42(50)46-44(52)48(43(37)51)32-24-35-33(29-11-5-3-6-12-29)16-18-47-19-17-34(36(25-32)40(35)47)30-13-7-4-8-14-30/h3-15,20-25,33-34H,2,16-19,26H2,1H3,(H,46,50,52)/b37-21+/t33-,34-/m0/s1. The zero-order valence-corrected chi connectivity index (χ0v) is 31.2. The molecule has 11 nitrogen and oxygen atoms in total. The van der Waals surface area contributed by atoms with Crippen LogP contribution in [0.4, 0.5) is 21.9 Å². The van der Waals surface area contributed by atoms with Crippen molar-refractivity contribution in [2.45, 2.75) is 38.2 Å². The minimum Gasteiger partial charge on any atom is -0.490 e. The van der Waals surface area contributed by atoms with Gasteiger partial charge in [-0.1, -0.05) is 84.4 Å². The summed E-state index contributed by atoms with van der Waals surface area (Å²) in [6.07, 6.45) is 3.11. The molecule has 1 fully saturated rings. The Bertz CT molecular complexity index is 2330. The van der Waals surface area contributed by atoms with Crippen LogP contribution in [-0.2, 0) is 16.2 Å². The number of nitro groups is 1. The van der Waals surface area contributed by atoms with E-state index in [0.717, 1.165) is 58.8 Å². The molecule has 4 amide bonds. The van der Waals surface area contributed by atoms with Crippen LogP contribution >= 0.6 is 11.6 Å². The van der Waals surface area contributed by atoms with Crippen LogP contribution in [-0.4, -0.2) is 42.5 Å². The summed E-state index contributed by atoms with van der Waals surface area (Å²) >= 11 is 6.71. The lowest BCUT2D eigenvalue weighted by Crippen LogP contribution is -2.54. The average molecular weight is 769 g/mol. The van der Waals surface area contributed by atoms with Crippen molar-refractivity contribution < 1.29 is 28.8 Å². The Labute approximate surface area is 328 Å². The van der Waals surface area contributed by atoms with E-state index in [1.54, 1.807) is 25.1 Å². The van der Waals surface area contributed by atoms with Crippen LogP contribution in [0.25, 0.3) is 6.08 Å². The van der Waals surface area contributed by atoms with Gasteiger partial charge in [0, 0.05) is 42.7 Å². The summed E-state index contributed by atoms with van der Waals surface area (Å²) in [5, 5.41) is 13.8. The van der Waals surface area contributed by atoms with Gasteiger partial charge in [-0.25, -0.2) is 9.69 Å². The number of anilines is 2. The first-order valence-corrected chi connectivity index (χ1v) is 18.8. The van der Waals surface area contributed by atoms with E-state index < -0.39 is 22.8 Å². The number of benzene rings is 5. The van der Waals surface area contributed by atoms with Crippen LogP contribution in [0.1, 0.15) is 65.0 Å². The first-order chi connectivity index (χ1) is 27.2. The summed E-state index contributed by atoms with van der Waals surface area (Å²) in [6, 6.07) is 32.7. The summed E-state index contributed by atoms with van der Waals surface area (Å²) in [5.41, 5.74) is 6.46. The largest absolute Gasteiger partial charge is 0.490 e. The molecule has 0 unspecified atom stereocenters.